The summed E-state index contributed by atoms with van der Waals surface area (Å²) >= 11 is 0. The number of hydrogen-bond donors (Lipinski definition) is 2. The standard InChI is InChI=1S/C12H15N3O3/c1-6(13)14-4-5-15-11(16)9-7-2-3-8(18-7)10(9)12(15)17/h2-3,7-10H,4-5H2,1H3,(H2,13,14)/p+1. The highest BCUT2D eigenvalue weighted by molar-refractivity contribution is 6.06. The van der Waals surface area contributed by atoms with Gasteiger partial charge in [-0.3, -0.25) is 25.2 Å². The van der Waals surface area contributed by atoms with Crippen molar-refractivity contribution < 1.29 is 19.3 Å². The van der Waals surface area contributed by atoms with Crippen molar-refractivity contribution in [3.8, 4) is 0 Å². The first-order valence-corrected chi connectivity index (χ1v) is 6.11. The van der Waals surface area contributed by atoms with Crippen molar-refractivity contribution in [3.63, 3.8) is 0 Å². The first kappa shape index (κ1) is 11.4. The Bertz CT molecular complexity index is 437. The zero-order valence-electron chi connectivity index (χ0n) is 10.1. The van der Waals surface area contributed by atoms with Crippen molar-refractivity contribution in [1.82, 2.24) is 4.90 Å². The van der Waals surface area contributed by atoms with Crippen LogP contribution in [0.3, 0.4) is 0 Å². The third-order valence-corrected chi connectivity index (χ3v) is 3.74. The first-order valence-electron chi connectivity index (χ1n) is 6.11. The molecule has 0 aromatic heterocycles. The molecule has 2 amide bonds. The molecule has 2 saturated heterocycles. The van der Waals surface area contributed by atoms with E-state index in [0.29, 0.717) is 18.9 Å². The number of nitrogens with two attached hydrogens (primary N) is 1. The van der Waals surface area contributed by atoms with Crippen LogP contribution in [-0.4, -0.2) is 47.8 Å². The minimum atomic E-state index is -0.310. The molecule has 4 unspecified atom stereocenters. The molecule has 0 spiro atoms. The van der Waals surface area contributed by atoms with Crippen molar-refractivity contribution in [2.75, 3.05) is 13.1 Å². The number of fused-ring (bicyclic) bond motifs is 5. The Hall–Kier alpha value is -1.69. The van der Waals surface area contributed by atoms with Crippen LogP contribution < -0.4 is 10.7 Å². The van der Waals surface area contributed by atoms with E-state index in [0.717, 1.165) is 0 Å². The molecule has 3 rings (SSSR count). The van der Waals surface area contributed by atoms with Gasteiger partial charge >= 0.3 is 0 Å². The first-order chi connectivity index (χ1) is 8.59. The molecular weight excluding hydrogens is 234 g/mol. The van der Waals surface area contributed by atoms with Gasteiger partial charge in [-0.2, -0.15) is 0 Å². The summed E-state index contributed by atoms with van der Waals surface area (Å²) in [7, 11) is 0. The second-order valence-electron chi connectivity index (χ2n) is 4.94. The Morgan fingerprint density at radius 2 is 1.89 bits per heavy atom. The van der Waals surface area contributed by atoms with Crippen LogP contribution in [0, 0.1) is 11.8 Å². The van der Waals surface area contributed by atoms with E-state index < -0.39 is 0 Å². The summed E-state index contributed by atoms with van der Waals surface area (Å²) in [5, 5.41) is 0. The van der Waals surface area contributed by atoms with E-state index in [9.17, 15) is 9.59 Å². The number of amidine groups is 1. The largest absolute Gasteiger partial charge is 0.365 e. The van der Waals surface area contributed by atoms with Crippen molar-refractivity contribution in [2.24, 2.45) is 17.6 Å². The molecule has 6 nitrogen and oxygen atoms in total. The van der Waals surface area contributed by atoms with Crippen LogP contribution in [0.15, 0.2) is 12.2 Å². The Morgan fingerprint density at radius 1 is 1.33 bits per heavy atom. The lowest BCUT2D eigenvalue weighted by Crippen LogP contribution is -2.76. The second kappa shape index (κ2) is 3.91. The average molecular weight is 250 g/mol. The van der Waals surface area contributed by atoms with Crippen molar-refractivity contribution >= 4 is 17.6 Å². The number of amides is 2. The fourth-order valence-corrected chi connectivity index (χ4v) is 2.95. The minimum absolute atomic E-state index is 0.113. The van der Waals surface area contributed by atoms with Gasteiger partial charge in [0.05, 0.1) is 30.6 Å². The summed E-state index contributed by atoms with van der Waals surface area (Å²) < 4.78 is 5.55. The Balaban J connectivity index is 1.74. The number of likely N-dealkylation sites (tertiary alicyclic amines) is 1. The highest BCUT2D eigenvalue weighted by Gasteiger charge is 2.60. The van der Waals surface area contributed by atoms with Gasteiger partial charge in [0.25, 0.3) is 0 Å². The van der Waals surface area contributed by atoms with E-state index in [1.165, 1.54) is 4.90 Å². The Kier molecular flexibility index (Phi) is 2.48. The number of nitrogens with zero attached hydrogens (tertiary/aromatic N) is 1. The monoisotopic (exact) mass is 250 g/mol. The fraction of sp³-hybridized carbons (Fsp3) is 0.583. The van der Waals surface area contributed by atoms with Gasteiger partial charge < -0.3 is 4.74 Å². The molecule has 0 radical (unpaired) electrons. The van der Waals surface area contributed by atoms with Crippen molar-refractivity contribution in [3.05, 3.63) is 12.2 Å². The fourth-order valence-electron chi connectivity index (χ4n) is 2.95. The number of hydrogen-bond acceptors (Lipinski definition) is 3. The maximum atomic E-state index is 12.2. The minimum Gasteiger partial charge on any atom is -0.365 e. The van der Waals surface area contributed by atoms with Gasteiger partial charge in [0.15, 0.2) is 0 Å². The van der Waals surface area contributed by atoms with Crippen LogP contribution in [-0.2, 0) is 14.3 Å². The predicted molar refractivity (Wildman–Crippen MR) is 62.2 cm³/mol. The normalized spacial score (nSPS) is 37.8. The van der Waals surface area contributed by atoms with E-state index in [-0.39, 0.29) is 35.9 Å². The maximum absolute atomic E-state index is 12.2. The van der Waals surface area contributed by atoms with Gasteiger partial charge in [-0.15, -0.1) is 0 Å². The van der Waals surface area contributed by atoms with Crippen LogP contribution >= 0.6 is 0 Å². The molecule has 6 heteroatoms. The predicted octanol–water partition coefficient (Wildman–Crippen LogP) is -2.62. The lowest BCUT2D eigenvalue weighted by Gasteiger charge is -2.15. The van der Waals surface area contributed by atoms with E-state index in [1.54, 1.807) is 6.92 Å². The summed E-state index contributed by atoms with van der Waals surface area (Å²) in [6.07, 6.45) is 3.35. The molecular formula is C12H16N3O3+. The molecule has 2 fully saturated rings. The second-order valence-corrected chi connectivity index (χ2v) is 4.94. The molecule has 3 aliphatic rings. The van der Waals surface area contributed by atoms with Crippen LogP contribution in [0.5, 0.6) is 0 Å². The third kappa shape index (κ3) is 1.49. The van der Waals surface area contributed by atoms with Crippen LogP contribution in [0.2, 0.25) is 0 Å². The summed E-state index contributed by atoms with van der Waals surface area (Å²) in [5.41, 5.74) is 5.48. The summed E-state index contributed by atoms with van der Waals surface area (Å²) in [5.74, 6) is -0.262. The van der Waals surface area contributed by atoms with Gasteiger partial charge in [0.2, 0.25) is 17.6 Å². The van der Waals surface area contributed by atoms with Crippen molar-refractivity contribution in [2.45, 2.75) is 19.1 Å². The number of imide groups is 1. The van der Waals surface area contributed by atoms with E-state index in [2.05, 4.69) is 4.99 Å². The average Bonchev–Trinajstić information content (AvgIpc) is 2.97. The highest BCUT2D eigenvalue weighted by atomic mass is 16.5. The number of carbonyl (C=O) groups excluding carboxylic acids is 2. The molecule has 0 aromatic rings. The maximum Gasteiger partial charge on any atom is 0.237 e. The molecule has 3 aliphatic heterocycles. The van der Waals surface area contributed by atoms with Gasteiger partial charge in [-0.25, -0.2) is 0 Å². The summed E-state index contributed by atoms with van der Waals surface area (Å²) in [4.78, 5) is 28.6. The number of carbonyl (C=O) groups is 2. The topological polar surface area (TPSA) is 86.6 Å². The summed E-state index contributed by atoms with van der Waals surface area (Å²) in [6.45, 7) is 2.59. The van der Waals surface area contributed by atoms with Gasteiger partial charge in [0.1, 0.15) is 6.54 Å². The quantitative estimate of drug-likeness (QED) is 0.248. The zero-order chi connectivity index (χ0) is 12.9. The molecule has 0 aliphatic carbocycles. The number of rotatable bonds is 3. The molecule has 0 saturated carbocycles. The molecule has 4 atom stereocenters. The molecule has 3 heterocycles. The molecule has 3 N–H and O–H groups in total. The SMILES string of the molecule is CC(N)=[NH+]CCN1C(=O)C2C3C=CC(O3)C2C1=O. The van der Waals surface area contributed by atoms with Gasteiger partial charge in [-0.1, -0.05) is 12.2 Å². The molecule has 2 bridgehead atoms. The lowest BCUT2D eigenvalue weighted by atomic mass is 9.85. The Morgan fingerprint density at radius 3 is 2.39 bits per heavy atom. The van der Waals surface area contributed by atoms with E-state index >= 15 is 0 Å². The zero-order valence-corrected chi connectivity index (χ0v) is 10.1. The van der Waals surface area contributed by atoms with E-state index in [1.807, 2.05) is 12.2 Å². The highest BCUT2D eigenvalue weighted by Crippen LogP contribution is 2.44. The van der Waals surface area contributed by atoms with Crippen LogP contribution in [0.4, 0.5) is 0 Å². The van der Waals surface area contributed by atoms with Gasteiger partial charge in [0, 0.05) is 6.92 Å². The summed E-state index contributed by atoms with van der Waals surface area (Å²) in [6, 6.07) is 0. The smallest absolute Gasteiger partial charge is 0.237 e. The Labute approximate surface area is 104 Å². The van der Waals surface area contributed by atoms with E-state index in [4.69, 9.17) is 10.5 Å². The number of ether oxygens (including phenoxy) is 1. The third-order valence-electron chi connectivity index (χ3n) is 3.74. The molecule has 18 heavy (non-hydrogen) atoms. The van der Waals surface area contributed by atoms with Crippen molar-refractivity contribution in [1.29, 1.82) is 0 Å². The lowest BCUT2D eigenvalue weighted by molar-refractivity contribution is -0.458. The number of nitrogens with one attached hydrogen (secondary N) is 1. The molecule has 0 aromatic carbocycles. The van der Waals surface area contributed by atoms with Gasteiger partial charge in [-0.05, 0) is 0 Å². The van der Waals surface area contributed by atoms with Crippen LogP contribution in [0.1, 0.15) is 6.92 Å². The van der Waals surface area contributed by atoms with Crippen LogP contribution in [0.25, 0.3) is 0 Å². The molecule has 96 valence electrons.